The third kappa shape index (κ3) is 8.29. The summed E-state index contributed by atoms with van der Waals surface area (Å²) in [7, 11) is 0. The molecule has 0 fully saturated rings. The molecule has 0 atom stereocenters. The van der Waals surface area contributed by atoms with Crippen LogP contribution in [0, 0.1) is 13.8 Å². The number of carbonyl (C=O) groups is 3. The minimum atomic E-state index is -4.69. The van der Waals surface area contributed by atoms with Crippen LogP contribution in [0.25, 0.3) is 0 Å². The molecule has 3 rings (SSSR count). The van der Waals surface area contributed by atoms with Crippen LogP contribution in [-0.4, -0.2) is 30.5 Å². The van der Waals surface area contributed by atoms with Crippen molar-refractivity contribution in [2.24, 2.45) is 5.10 Å². The zero-order valence-electron chi connectivity index (χ0n) is 20.5. The molecule has 8 nitrogen and oxygen atoms in total. The number of hydrogen-bond acceptors (Lipinski definition) is 5. The Morgan fingerprint density at radius 2 is 1.69 bits per heavy atom. The number of halogens is 5. The van der Waals surface area contributed by atoms with E-state index in [2.05, 4.69) is 37.1 Å². The maximum atomic E-state index is 13.3. The molecule has 3 N–H and O–H groups in total. The monoisotopic (exact) mass is 624 g/mol. The van der Waals surface area contributed by atoms with Gasteiger partial charge in [0.1, 0.15) is 5.75 Å². The molecule has 0 unspecified atom stereocenters. The fourth-order valence-electron chi connectivity index (χ4n) is 3.33. The highest BCUT2D eigenvalue weighted by molar-refractivity contribution is 9.10. The summed E-state index contributed by atoms with van der Waals surface area (Å²) in [5, 5.41) is 8.72. The smallest absolute Gasteiger partial charge is 0.418 e. The predicted molar refractivity (Wildman–Crippen MR) is 145 cm³/mol. The van der Waals surface area contributed by atoms with E-state index in [-0.39, 0.29) is 20.8 Å². The number of para-hydroxylation sites is 1. The second-order valence-electron chi connectivity index (χ2n) is 8.13. The normalized spacial score (nSPS) is 11.3. The lowest BCUT2D eigenvalue weighted by Crippen LogP contribution is -2.32. The van der Waals surface area contributed by atoms with E-state index in [1.54, 1.807) is 26.0 Å². The number of nitrogens with zero attached hydrogens (tertiary/aromatic N) is 1. The van der Waals surface area contributed by atoms with Crippen LogP contribution < -0.4 is 20.8 Å². The summed E-state index contributed by atoms with van der Waals surface area (Å²) >= 11 is 8.99. The van der Waals surface area contributed by atoms with E-state index in [4.69, 9.17) is 16.3 Å². The summed E-state index contributed by atoms with van der Waals surface area (Å²) in [5.41, 5.74) is 2.92. The number of nitrogens with one attached hydrogen (secondary N) is 3. The summed E-state index contributed by atoms with van der Waals surface area (Å²) in [6.45, 7) is 2.93. The Labute approximate surface area is 234 Å². The number of carbonyl (C=O) groups excluding carboxylic acids is 3. The van der Waals surface area contributed by atoms with E-state index in [9.17, 15) is 27.6 Å². The van der Waals surface area contributed by atoms with Crippen LogP contribution >= 0.6 is 27.5 Å². The average Bonchev–Trinajstić information content (AvgIpc) is 2.86. The van der Waals surface area contributed by atoms with Crippen LogP contribution in [0.5, 0.6) is 5.75 Å². The van der Waals surface area contributed by atoms with Gasteiger partial charge in [0.05, 0.1) is 17.5 Å². The number of benzene rings is 3. The first-order valence-electron chi connectivity index (χ1n) is 11.1. The van der Waals surface area contributed by atoms with Gasteiger partial charge in [-0.15, -0.1) is 0 Å². The zero-order valence-corrected chi connectivity index (χ0v) is 22.8. The number of hydrazone groups is 1. The Hall–Kier alpha value is -3.90. The Morgan fingerprint density at radius 3 is 2.36 bits per heavy atom. The average molecular weight is 626 g/mol. The van der Waals surface area contributed by atoms with Crippen molar-refractivity contribution in [2.75, 3.05) is 17.2 Å². The summed E-state index contributed by atoms with van der Waals surface area (Å²) < 4.78 is 45.6. The lowest BCUT2D eigenvalue weighted by Gasteiger charge is -2.15. The van der Waals surface area contributed by atoms with Crippen molar-refractivity contribution in [3.05, 3.63) is 86.3 Å². The third-order valence-electron chi connectivity index (χ3n) is 5.19. The standard InChI is InChI=1S/C26H21BrClF3N4O4/c1-14-4-3-5-15(2)23(14)34-24(37)25(38)35-32-12-16-10-18(28)7-9-21(16)39-13-22(36)33-20-8-6-17(27)11-19(20)26(29,30)31/h3-12H,13H2,1-2H3,(H,33,36)(H,34,37)(H,35,38)/b32-12-. The van der Waals surface area contributed by atoms with Crippen molar-refractivity contribution < 1.29 is 32.3 Å². The highest BCUT2D eigenvalue weighted by Gasteiger charge is 2.34. The van der Waals surface area contributed by atoms with Crippen molar-refractivity contribution in [3.8, 4) is 5.75 Å². The summed E-state index contributed by atoms with van der Waals surface area (Å²) in [5.74, 6) is -2.72. The van der Waals surface area contributed by atoms with Crippen molar-refractivity contribution in [3.63, 3.8) is 0 Å². The number of amides is 3. The molecule has 0 radical (unpaired) electrons. The van der Waals surface area contributed by atoms with Gasteiger partial charge in [0.25, 0.3) is 5.91 Å². The second-order valence-corrected chi connectivity index (χ2v) is 9.48. The highest BCUT2D eigenvalue weighted by Crippen LogP contribution is 2.36. The molecule has 0 heterocycles. The Morgan fingerprint density at radius 1 is 1.00 bits per heavy atom. The summed E-state index contributed by atoms with van der Waals surface area (Å²) in [6, 6.07) is 13.0. The third-order valence-corrected chi connectivity index (χ3v) is 5.92. The minimum Gasteiger partial charge on any atom is -0.483 e. The SMILES string of the molecule is Cc1cccc(C)c1NC(=O)C(=O)N/N=C\c1cc(Cl)ccc1OCC(=O)Nc1ccc(Br)cc1C(F)(F)F. The van der Waals surface area contributed by atoms with Crippen LogP contribution in [0.2, 0.25) is 5.02 Å². The first-order valence-corrected chi connectivity index (χ1v) is 12.3. The molecule has 0 aromatic heterocycles. The van der Waals surface area contributed by atoms with Crippen LogP contribution in [0.4, 0.5) is 24.5 Å². The number of aryl methyl sites for hydroxylation is 2. The van der Waals surface area contributed by atoms with E-state index in [0.717, 1.165) is 29.5 Å². The van der Waals surface area contributed by atoms with Crippen LogP contribution in [0.15, 0.2) is 64.2 Å². The van der Waals surface area contributed by atoms with Crippen molar-refractivity contribution >= 4 is 62.8 Å². The molecular weight excluding hydrogens is 605 g/mol. The zero-order chi connectivity index (χ0) is 28.7. The Bertz CT molecular complexity index is 1430. The van der Waals surface area contributed by atoms with Crippen molar-refractivity contribution in [1.29, 1.82) is 0 Å². The molecule has 0 bridgehead atoms. The van der Waals surface area contributed by atoms with Crippen molar-refractivity contribution in [1.82, 2.24) is 5.43 Å². The van der Waals surface area contributed by atoms with E-state index in [0.29, 0.717) is 5.69 Å². The number of ether oxygens (including phenoxy) is 1. The quantitative estimate of drug-likeness (QED) is 0.174. The van der Waals surface area contributed by atoms with Gasteiger partial charge < -0.3 is 15.4 Å². The first-order chi connectivity index (χ1) is 18.3. The highest BCUT2D eigenvalue weighted by atomic mass is 79.9. The molecule has 0 aliphatic rings. The number of anilines is 2. The van der Waals surface area contributed by atoms with Crippen molar-refractivity contribution in [2.45, 2.75) is 20.0 Å². The van der Waals surface area contributed by atoms with Gasteiger partial charge in [0.2, 0.25) is 0 Å². The molecule has 13 heteroatoms. The fraction of sp³-hybridized carbons (Fsp3) is 0.154. The lowest BCUT2D eigenvalue weighted by molar-refractivity contribution is -0.137. The van der Waals surface area contributed by atoms with Gasteiger partial charge in [-0.05, 0) is 61.4 Å². The fourth-order valence-corrected chi connectivity index (χ4v) is 3.88. The molecule has 0 aliphatic heterocycles. The minimum absolute atomic E-state index is 0.0967. The second kappa shape index (κ2) is 12.8. The largest absolute Gasteiger partial charge is 0.483 e. The van der Waals surface area contributed by atoms with E-state index in [1.165, 1.54) is 24.3 Å². The topological polar surface area (TPSA) is 109 Å². The van der Waals surface area contributed by atoms with Gasteiger partial charge in [-0.2, -0.15) is 18.3 Å². The van der Waals surface area contributed by atoms with E-state index in [1.807, 2.05) is 6.07 Å². The molecule has 3 aromatic rings. The van der Waals surface area contributed by atoms with E-state index < -0.39 is 41.8 Å². The van der Waals surface area contributed by atoms with Gasteiger partial charge >= 0.3 is 18.0 Å². The summed E-state index contributed by atoms with van der Waals surface area (Å²) in [6.07, 6.45) is -3.55. The molecular formula is C26H21BrClF3N4O4. The van der Waals surface area contributed by atoms with Gasteiger partial charge in [-0.1, -0.05) is 45.7 Å². The molecule has 39 heavy (non-hydrogen) atoms. The van der Waals surface area contributed by atoms with E-state index >= 15 is 0 Å². The molecule has 0 saturated heterocycles. The van der Waals surface area contributed by atoms with Gasteiger partial charge in [-0.3, -0.25) is 14.4 Å². The number of hydrogen-bond donors (Lipinski definition) is 3. The van der Waals surface area contributed by atoms with Gasteiger partial charge in [0.15, 0.2) is 6.61 Å². The lowest BCUT2D eigenvalue weighted by atomic mass is 10.1. The molecule has 0 aliphatic carbocycles. The number of rotatable bonds is 7. The summed E-state index contributed by atoms with van der Waals surface area (Å²) in [4.78, 5) is 36.8. The van der Waals surface area contributed by atoms with Crippen LogP contribution in [-0.2, 0) is 20.6 Å². The first kappa shape index (κ1) is 29.7. The molecule has 0 saturated carbocycles. The molecule has 3 amide bonds. The molecule has 3 aromatic carbocycles. The molecule has 204 valence electrons. The van der Waals surface area contributed by atoms with Gasteiger partial charge in [-0.25, -0.2) is 5.43 Å². The Kier molecular flexibility index (Phi) is 9.71. The Balaban J connectivity index is 1.64. The van der Waals surface area contributed by atoms with Crippen LogP contribution in [0.1, 0.15) is 22.3 Å². The van der Waals surface area contributed by atoms with Gasteiger partial charge in [0, 0.05) is 20.7 Å². The maximum absolute atomic E-state index is 13.3. The number of alkyl halides is 3. The molecule has 0 spiro atoms. The van der Waals surface area contributed by atoms with Crippen LogP contribution in [0.3, 0.4) is 0 Å². The predicted octanol–water partition coefficient (Wildman–Crippen LogP) is 5.84. The maximum Gasteiger partial charge on any atom is 0.418 e.